The van der Waals surface area contributed by atoms with Gasteiger partial charge in [-0.05, 0) is 12.0 Å². The first-order valence-electron chi connectivity index (χ1n) is 3.46. The van der Waals surface area contributed by atoms with Crippen LogP contribution in [0.4, 0.5) is 0 Å². The lowest BCUT2D eigenvalue weighted by Gasteiger charge is -2.01. The summed E-state index contributed by atoms with van der Waals surface area (Å²) in [7, 11) is 0. The van der Waals surface area contributed by atoms with Crippen LogP contribution in [0.1, 0.15) is 6.42 Å². The molecule has 0 amide bonds. The minimum atomic E-state index is -0.0412. The smallest absolute Gasteiger partial charge is 0.144 e. The summed E-state index contributed by atoms with van der Waals surface area (Å²) in [6.45, 7) is 1.09. The molecule has 11 heavy (non-hydrogen) atoms. The van der Waals surface area contributed by atoms with E-state index in [1.165, 1.54) is 0 Å². The number of rotatable bonds is 3. The molecular formula is C6H9N3O2. The van der Waals surface area contributed by atoms with Gasteiger partial charge >= 0.3 is 0 Å². The molecule has 0 aromatic carbocycles. The molecule has 0 bridgehead atoms. The van der Waals surface area contributed by atoms with Gasteiger partial charge in [0.15, 0.2) is 0 Å². The molecule has 1 rings (SSSR count). The number of ketones is 1. The second kappa shape index (κ2) is 3.95. The third-order valence-electron chi connectivity index (χ3n) is 1.67. The molecule has 5 heteroatoms. The molecule has 1 aliphatic heterocycles. The summed E-state index contributed by atoms with van der Waals surface area (Å²) in [6.07, 6.45) is 0.764. The predicted octanol–water partition coefficient (Wildman–Crippen LogP) is 0.902. The Bertz CT molecular complexity index is 192. The molecule has 0 spiro atoms. The van der Waals surface area contributed by atoms with Crippen LogP contribution in [0, 0.1) is 5.92 Å². The Balaban J connectivity index is 2.34. The summed E-state index contributed by atoms with van der Waals surface area (Å²) in [6, 6.07) is 0. The van der Waals surface area contributed by atoms with E-state index in [1.807, 2.05) is 0 Å². The number of hydrogen-bond donors (Lipinski definition) is 0. The van der Waals surface area contributed by atoms with Crippen LogP contribution in [0.25, 0.3) is 10.4 Å². The lowest BCUT2D eigenvalue weighted by Crippen LogP contribution is -2.16. The molecule has 0 aliphatic carbocycles. The third kappa shape index (κ3) is 2.22. The molecule has 0 unspecified atom stereocenters. The van der Waals surface area contributed by atoms with Crippen LogP contribution in [-0.4, -0.2) is 25.5 Å². The van der Waals surface area contributed by atoms with Crippen molar-refractivity contribution in [2.45, 2.75) is 6.42 Å². The van der Waals surface area contributed by atoms with Crippen molar-refractivity contribution < 1.29 is 9.53 Å². The van der Waals surface area contributed by atoms with Gasteiger partial charge in [0, 0.05) is 17.4 Å². The van der Waals surface area contributed by atoms with Gasteiger partial charge in [0.1, 0.15) is 5.78 Å². The van der Waals surface area contributed by atoms with Crippen molar-refractivity contribution in [1.82, 2.24) is 0 Å². The zero-order chi connectivity index (χ0) is 8.10. The molecule has 1 aliphatic rings. The van der Waals surface area contributed by atoms with E-state index in [4.69, 9.17) is 10.3 Å². The standard InChI is InChI=1S/C6H9N3O2/c7-9-8-3-6(10)5-1-2-11-4-5/h5H,1-4H2/t5-/m0/s1. The van der Waals surface area contributed by atoms with E-state index in [0.29, 0.717) is 13.2 Å². The van der Waals surface area contributed by atoms with Crippen molar-refractivity contribution in [3.8, 4) is 0 Å². The third-order valence-corrected chi connectivity index (χ3v) is 1.67. The van der Waals surface area contributed by atoms with Crippen LogP contribution in [-0.2, 0) is 9.53 Å². The van der Waals surface area contributed by atoms with Gasteiger partial charge in [-0.3, -0.25) is 4.79 Å². The minimum absolute atomic E-state index is 0.0136. The Kier molecular flexibility index (Phi) is 2.89. The largest absolute Gasteiger partial charge is 0.381 e. The second-order valence-corrected chi connectivity index (χ2v) is 2.42. The highest BCUT2D eigenvalue weighted by Gasteiger charge is 2.22. The first kappa shape index (κ1) is 8.04. The van der Waals surface area contributed by atoms with Gasteiger partial charge < -0.3 is 4.74 Å². The molecule has 0 aromatic rings. The van der Waals surface area contributed by atoms with E-state index in [9.17, 15) is 4.79 Å². The monoisotopic (exact) mass is 155 g/mol. The fourth-order valence-corrected chi connectivity index (χ4v) is 1.02. The van der Waals surface area contributed by atoms with Crippen LogP contribution < -0.4 is 0 Å². The van der Waals surface area contributed by atoms with Gasteiger partial charge in [0.2, 0.25) is 0 Å². The van der Waals surface area contributed by atoms with Crippen LogP contribution in [0.5, 0.6) is 0 Å². The molecule has 1 atom stereocenters. The Morgan fingerprint density at radius 3 is 3.18 bits per heavy atom. The second-order valence-electron chi connectivity index (χ2n) is 2.42. The van der Waals surface area contributed by atoms with Crippen LogP contribution in [0.15, 0.2) is 5.11 Å². The fraction of sp³-hybridized carbons (Fsp3) is 0.833. The number of ether oxygens (including phenoxy) is 1. The average Bonchev–Trinajstić information content (AvgIpc) is 2.52. The first-order valence-corrected chi connectivity index (χ1v) is 3.46. The predicted molar refractivity (Wildman–Crippen MR) is 37.9 cm³/mol. The normalized spacial score (nSPS) is 22.7. The van der Waals surface area contributed by atoms with Crippen LogP contribution in [0.2, 0.25) is 0 Å². The molecule has 1 heterocycles. The summed E-state index contributed by atoms with van der Waals surface area (Å²) < 4.78 is 5.00. The summed E-state index contributed by atoms with van der Waals surface area (Å²) in [5, 5.41) is 3.19. The van der Waals surface area contributed by atoms with Gasteiger partial charge in [-0.15, -0.1) is 0 Å². The summed E-state index contributed by atoms with van der Waals surface area (Å²) in [4.78, 5) is 13.6. The Morgan fingerprint density at radius 2 is 2.64 bits per heavy atom. The molecule has 60 valence electrons. The first-order chi connectivity index (χ1) is 5.34. The van der Waals surface area contributed by atoms with Crippen LogP contribution >= 0.6 is 0 Å². The molecule has 0 radical (unpaired) electrons. The van der Waals surface area contributed by atoms with Crippen molar-refractivity contribution >= 4 is 5.78 Å². The highest BCUT2D eigenvalue weighted by atomic mass is 16.5. The van der Waals surface area contributed by atoms with E-state index < -0.39 is 0 Å². The number of nitrogens with zero attached hydrogens (tertiary/aromatic N) is 3. The molecule has 0 saturated carbocycles. The molecule has 1 saturated heterocycles. The van der Waals surface area contributed by atoms with Gasteiger partial charge in [-0.1, -0.05) is 5.11 Å². The molecule has 5 nitrogen and oxygen atoms in total. The van der Waals surface area contributed by atoms with Gasteiger partial charge in [0.05, 0.1) is 13.2 Å². The Hall–Kier alpha value is -1.06. The van der Waals surface area contributed by atoms with E-state index in [2.05, 4.69) is 10.0 Å². The SMILES string of the molecule is [N-]=[N+]=NCC(=O)[C@H]1CCOC1. The Morgan fingerprint density at radius 1 is 1.82 bits per heavy atom. The van der Waals surface area contributed by atoms with Crippen molar-refractivity contribution in [1.29, 1.82) is 0 Å². The zero-order valence-corrected chi connectivity index (χ0v) is 6.06. The van der Waals surface area contributed by atoms with E-state index in [-0.39, 0.29) is 18.2 Å². The number of carbonyl (C=O) groups excluding carboxylic acids is 1. The Labute approximate surface area is 64.0 Å². The zero-order valence-electron chi connectivity index (χ0n) is 6.06. The van der Waals surface area contributed by atoms with Crippen LogP contribution in [0.3, 0.4) is 0 Å². The molecule has 0 N–H and O–H groups in total. The number of hydrogen-bond acceptors (Lipinski definition) is 3. The van der Waals surface area contributed by atoms with Gasteiger partial charge in [0.25, 0.3) is 0 Å². The lowest BCUT2D eigenvalue weighted by atomic mass is 10.0. The van der Waals surface area contributed by atoms with E-state index in [1.54, 1.807) is 0 Å². The summed E-state index contributed by atoms with van der Waals surface area (Å²) in [5.74, 6) is -0.0548. The van der Waals surface area contributed by atoms with E-state index >= 15 is 0 Å². The van der Waals surface area contributed by atoms with Crippen molar-refractivity contribution in [3.63, 3.8) is 0 Å². The maximum atomic E-state index is 11.1. The fourth-order valence-electron chi connectivity index (χ4n) is 1.02. The molecule has 1 fully saturated rings. The topological polar surface area (TPSA) is 75.1 Å². The van der Waals surface area contributed by atoms with E-state index in [0.717, 1.165) is 6.42 Å². The number of carbonyl (C=O) groups is 1. The van der Waals surface area contributed by atoms with Gasteiger partial charge in [-0.25, -0.2) is 0 Å². The highest BCUT2D eigenvalue weighted by molar-refractivity contribution is 5.83. The minimum Gasteiger partial charge on any atom is -0.381 e. The summed E-state index contributed by atoms with van der Waals surface area (Å²) >= 11 is 0. The maximum Gasteiger partial charge on any atom is 0.144 e. The lowest BCUT2D eigenvalue weighted by molar-refractivity contribution is -0.121. The average molecular weight is 155 g/mol. The van der Waals surface area contributed by atoms with Crippen molar-refractivity contribution in [3.05, 3.63) is 10.4 Å². The highest BCUT2D eigenvalue weighted by Crippen LogP contribution is 2.13. The van der Waals surface area contributed by atoms with Crippen molar-refractivity contribution in [2.24, 2.45) is 11.0 Å². The quantitative estimate of drug-likeness (QED) is 0.345. The van der Waals surface area contributed by atoms with Gasteiger partial charge in [-0.2, -0.15) is 0 Å². The van der Waals surface area contributed by atoms with Crippen molar-refractivity contribution in [2.75, 3.05) is 19.8 Å². The maximum absolute atomic E-state index is 11.1. The molecule has 0 aromatic heterocycles. The number of azide groups is 1. The summed E-state index contributed by atoms with van der Waals surface area (Å²) in [5.41, 5.74) is 7.93. The molecular weight excluding hydrogens is 146 g/mol. The number of Topliss-reactive ketones (excluding diaryl/α,β-unsaturated/α-hetero) is 1.